The standard InChI is InChI=1S/C33H38N2O6S/c1-23(26-11-7-13-29(18-26)35(4)42(39,40)31-14-8-12-28(19-31)32(37)38)41-22-30(36)21-34-33(2,3)20-24-15-16-25-9-5-6-10-27(25)17-24/h5-19,23,30,34,36H,20-22H2,1-4H3,(H,37,38)/t23?,30-/m1/s1. The van der Waals surface area contributed by atoms with Gasteiger partial charge in [-0.15, -0.1) is 0 Å². The van der Waals surface area contributed by atoms with Crippen LogP contribution in [-0.4, -0.2) is 56.4 Å². The third-order valence-corrected chi connectivity index (χ3v) is 9.04. The minimum atomic E-state index is -3.99. The van der Waals surface area contributed by atoms with Gasteiger partial charge >= 0.3 is 5.97 Å². The summed E-state index contributed by atoms with van der Waals surface area (Å²) in [7, 11) is -2.57. The highest BCUT2D eigenvalue weighted by atomic mass is 32.2. The van der Waals surface area contributed by atoms with Crippen LogP contribution in [0.5, 0.6) is 0 Å². The molecule has 222 valence electrons. The number of hydrogen-bond donors (Lipinski definition) is 3. The van der Waals surface area contributed by atoms with Gasteiger partial charge in [-0.2, -0.15) is 0 Å². The smallest absolute Gasteiger partial charge is 0.335 e. The Kier molecular flexibility index (Phi) is 9.68. The zero-order valence-electron chi connectivity index (χ0n) is 24.3. The van der Waals surface area contributed by atoms with Crippen LogP contribution in [0.1, 0.15) is 48.4 Å². The number of rotatable bonds is 13. The van der Waals surface area contributed by atoms with Crippen molar-refractivity contribution < 1.29 is 28.2 Å². The number of aliphatic hydroxyl groups excluding tert-OH is 1. The molecule has 0 fully saturated rings. The van der Waals surface area contributed by atoms with Gasteiger partial charge in [0, 0.05) is 19.1 Å². The summed E-state index contributed by atoms with van der Waals surface area (Å²) in [6.45, 7) is 6.50. The molecule has 0 spiro atoms. The number of aliphatic hydroxyl groups is 1. The lowest BCUT2D eigenvalue weighted by Crippen LogP contribution is -2.46. The maximum atomic E-state index is 13.2. The molecule has 0 aromatic heterocycles. The molecule has 0 aliphatic carbocycles. The second-order valence-electron chi connectivity index (χ2n) is 11.2. The molecule has 1 unspecified atom stereocenters. The summed E-state index contributed by atoms with van der Waals surface area (Å²) < 4.78 is 33.4. The predicted octanol–water partition coefficient (Wildman–Crippen LogP) is 5.41. The van der Waals surface area contributed by atoms with E-state index in [0.717, 1.165) is 22.4 Å². The van der Waals surface area contributed by atoms with Gasteiger partial charge in [0.1, 0.15) is 0 Å². The molecule has 0 aliphatic rings. The number of aromatic carboxylic acids is 1. The number of anilines is 1. The number of fused-ring (bicyclic) bond motifs is 1. The van der Waals surface area contributed by atoms with E-state index < -0.39 is 28.2 Å². The van der Waals surface area contributed by atoms with Crippen LogP contribution in [0, 0.1) is 0 Å². The Morgan fingerprint density at radius 2 is 1.67 bits per heavy atom. The number of sulfonamides is 1. The molecule has 42 heavy (non-hydrogen) atoms. The average Bonchev–Trinajstić information content (AvgIpc) is 2.98. The number of β-amino-alcohol motifs (C(OH)–C–C–N with tert-alkyl or cyclic N) is 1. The molecule has 0 bridgehead atoms. The van der Waals surface area contributed by atoms with E-state index in [1.54, 1.807) is 18.2 Å². The second-order valence-corrected chi connectivity index (χ2v) is 13.1. The van der Waals surface area contributed by atoms with Crippen molar-refractivity contribution in [2.24, 2.45) is 0 Å². The second kappa shape index (κ2) is 13.0. The van der Waals surface area contributed by atoms with Gasteiger partial charge in [-0.3, -0.25) is 4.31 Å². The van der Waals surface area contributed by atoms with Crippen molar-refractivity contribution in [1.82, 2.24) is 5.32 Å². The fourth-order valence-electron chi connectivity index (χ4n) is 4.79. The van der Waals surface area contributed by atoms with E-state index in [9.17, 15) is 23.4 Å². The first-order valence-electron chi connectivity index (χ1n) is 13.8. The van der Waals surface area contributed by atoms with Crippen molar-refractivity contribution in [2.45, 2.75) is 49.8 Å². The van der Waals surface area contributed by atoms with E-state index in [2.05, 4.69) is 49.5 Å². The Morgan fingerprint density at radius 1 is 0.952 bits per heavy atom. The number of carboxylic acids is 1. The lowest BCUT2D eigenvalue weighted by atomic mass is 9.93. The zero-order chi connectivity index (χ0) is 30.5. The SMILES string of the molecule is CC(OC[C@H](O)CNC(C)(C)Cc1ccc2ccccc2c1)c1cccc(N(C)S(=O)(=O)c2cccc(C(=O)O)c2)c1. The summed E-state index contributed by atoms with van der Waals surface area (Å²) in [5.41, 5.74) is 2.01. The molecule has 0 saturated carbocycles. The Bertz CT molecular complexity index is 1650. The summed E-state index contributed by atoms with van der Waals surface area (Å²) in [5.74, 6) is -1.20. The summed E-state index contributed by atoms with van der Waals surface area (Å²) in [5, 5.41) is 25.7. The van der Waals surface area contributed by atoms with Crippen LogP contribution < -0.4 is 9.62 Å². The van der Waals surface area contributed by atoms with E-state index in [0.29, 0.717) is 12.2 Å². The van der Waals surface area contributed by atoms with Crippen LogP contribution in [0.4, 0.5) is 5.69 Å². The molecule has 3 N–H and O–H groups in total. The minimum Gasteiger partial charge on any atom is -0.478 e. The highest BCUT2D eigenvalue weighted by Crippen LogP contribution is 2.27. The number of nitrogens with one attached hydrogen (secondary N) is 1. The van der Waals surface area contributed by atoms with Crippen molar-refractivity contribution in [3.8, 4) is 0 Å². The minimum absolute atomic E-state index is 0.0978. The molecule has 4 aromatic rings. The highest BCUT2D eigenvalue weighted by Gasteiger charge is 2.24. The van der Waals surface area contributed by atoms with E-state index in [1.165, 1.54) is 41.6 Å². The molecule has 4 aromatic carbocycles. The number of carbonyl (C=O) groups is 1. The molecule has 4 rings (SSSR count). The van der Waals surface area contributed by atoms with Gasteiger partial charge in [0.15, 0.2) is 0 Å². The molecule has 0 aliphatic heterocycles. The number of carboxylic acid groups (broad SMARTS) is 1. The molecule has 8 nitrogen and oxygen atoms in total. The van der Waals surface area contributed by atoms with Crippen LogP contribution in [0.2, 0.25) is 0 Å². The van der Waals surface area contributed by atoms with Crippen molar-refractivity contribution in [3.05, 3.63) is 108 Å². The Balaban J connectivity index is 1.32. The quantitative estimate of drug-likeness (QED) is 0.191. The van der Waals surface area contributed by atoms with Crippen LogP contribution in [-0.2, 0) is 21.2 Å². The molecule has 9 heteroatoms. The Labute approximate surface area is 247 Å². The van der Waals surface area contributed by atoms with Crippen LogP contribution >= 0.6 is 0 Å². The van der Waals surface area contributed by atoms with Crippen molar-refractivity contribution in [3.63, 3.8) is 0 Å². The summed E-state index contributed by atoms with van der Waals surface area (Å²) in [6, 6.07) is 26.9. The molecule has 0 heterocycles. The monoisotopic (exact) mass is 590 g/mol. The maximum Gasteiger partial charge on any atom is 0.335 e. The number of ether oxygens (including phenoxy) is 1. The van der Waals surface area contributed by atoms with Gasteiger partial charge in [-0.1, -0.05) is 60.7 Å². The zero-order valence-corrected chi connectivity index (χ0v) is 25.1. The number of hydrogen-bond acceptors (Lipinski definition) is 6. The van der Waals surface area contributed by atoms with Crippen LogP contribution in [0.15, 0.2) is 95.9 Å². The van der Waals surface area contributed by atoms with Crippen LogP contribution in [0.3, 0.4) is 0 Å². The van der Waals surface area contributed by atoms with Crippen molar-refractivity contribution in [2.75, 3.05) is 24.5 Å². The van der Waals surface area contributed by atoms with Gasteiger partial charge in [0.05, 0.1) is 35.0 Å². The Morgan fingerprint density at radius 3 is 2.40 bits per heavy atom. The highest BCUT2D eigenvalue weighted by molar-refractivity contribution is 7.92. The summed E-state index contributed by atoms with van der Waals surface area (Å²) in [4.78, 5) is 11.2. The van der Waals surface area contributed by atoms with E-state index in [1.807, 2.05) is 25.1 Å². The largest absolute Gasteiger partial charge is 0.478 e. The molecule has 0 radical (unpaired) electrons. The predicted molar refractivity (Wildman–Crippen MR) is 166 cm³/mol. The third kappa shape index (κ3) is 7.74. The lowest BCUT2D eigenvalue weighted by molar-refractivity contribution is -0.00416. The average molecular weight is 591 g/mol. The normalized spacial score (nSPS) is 13.5. The van der Waals surface area contributed by atoms with Crippen molar-refractivity contribution >= 4 is 32.5 Å². The first-order chi connectivity index (χ1) is 19.9. The molecule has 2 atom stereocenters. The lowest BCUT2D eigenvalue weighted by Gasteiger charge is -2.28. The van der Waals surface area contributed by atoms with Gasteiger partial charge in [-0.05, 0) is 79.4 Å². The molecule has 0 saturated heterocycles. The molecular weight excluding hydrogens is 552 g/mol. The van der Waals surface area contributed by atoms with Gasteiger partial charge < -0.3 is 20.3 Å². The van der Waals surface area contributed by atoms with Gasteiger partial charge in [0.2, 0.25) is 0 Å². The van der Waals surface area contributed by atoms with Crippen molar-refractivity contribution in [1.29, 1.82) is 0 Å². The number of nitrogens with zero attached hydrogens (tertiary/aromatic N) is 1. The first-order valence-corrected chi connectivity index (χ1v) is 15.2. The van der Waals surface area contributed by atoms with E-state index in [-0.39, 0.29) is 22.6 Å². The fourth-order valence-corrected chi connectivity index (χ4v) is 6.02. The first kappa shape index (κ1) is 31.2. The van der Waals surface area contributed by atoms with Crippen LogP contribution in [0.25, 0.3) is 10.8 Å². The van der Waals surface area contributed by atoms with Gasteiger partial charge in [-0.25, -0.2) is 13.2 Å². The number of benzene rings is 4. The fraction of sp³-hybridized carbons (Fsp3) is 0.303. The molecular formula is C33H38N2O6S. The summed E-state index contributed by atoms with van der Waals surface area (Å²) >= 11 is 0. The summed E-state index contributed by atoms with van der Waals surface area (Å²) in [6.07, 6.45) is -0.348. The topological polar surface area (TPSA) is 116 Å². The Hall–Kier alpha value is -3.76. The maximum absolute atomic E-state index is 13.2. The van der Waals surface area contributed by atoms with Gasteiger partial charge in [0.25, 0.3) is 10.0 Å². The molecule has 0 amide bonds. The third-order valence-electron chi connectivity index (χ3n) is 7.26. The van der Waals surface area contributed by atoms with E-state index in [4.69, 9.17) is 4.74 Å². The van der Waals surface area contributed by atoms with E-state index >= 15 is 0 Å².